The first kappa shape index (κ1) is 65.4. The minimum atomic E-state index is -3.73. The molecule has 84 heavy (non-hydrogen) atoms. The van der Waals surface area contributed by atoms with Crippen molar-refractivity contribution in [1.82, 2.24) is 5.32 Å². The lowest BCUT2D eigenvalue weighted by molar-refractivity contribution is -0.131. The molecule has 0 saturated carbocycles. The van der Waals surface area contributed by atoms with Gasteiger partial charge in [-0.05, 0) is 133 Å². The van der Waals surface area contributed by atoms with Gasteiger partial charge in [-0.2, -0.15) is 0 Å². The van der Waals surface area contributed by atoms with E-state index in [9.17, 15) is 41.8 Å². The predicted molar refractivity (Wildman–Crippen MR) is 320 cm³/mol. The number of carbonyl (C=O) groups is 3. The van der Waals surface area contributed by atoms with Crippen LogP contribution in [0.1, 0.15) is 124 Å². The number of anilines is 3. The van der Waals surface area contributed by atoms with Gasteiger partial charge in [-0.15, -0.1) is 0 Å². The van der Waals surface area contributed by atoms with Crippen LogP contribution in [0.4, 0.5) is 25.8 Å². The third-order valence-corrected chi connectivity index (χ3v) is 17.8. The zero-order valence-electron chi connectivity index (χ0n) is 48.9. The molecule has 0 spiro atoms. The Bertz CT molecular complexity index is 3010. The smallest absolute Gasteiger partial charge is 0.233 e. The van der Waals surface area contributed by atoms with Gasteiger partial charge in [0, 0.05) is 81.7 Å². The molecule has 6 unspecified atom stereocenters. The fourth-order valence-electron chi connectivity index (χ4n) is 11.1. The number of nitrogens with zero attached hydrogens (tertiary/aromatic N) is 2. The highest BCUT2D eigenvalue weighted by molar-refractivity contribution is 7.91. The molecule has 0 aliphatic carbocycles. The van der Waals surface area contributed by atoms with Crippen molar-refractivity contribution in [2.45, 2.75) is 114 Å². The summed E-state index contributed by atoms with van der Waals surface area (Å²) in [6.07, 6.45) is 3.16. The highest BCUT2D eigenvalue weighted by Crippen LogP contribution is 2.50. The molecule has 19 heteroatoms. The number of halogens is 2. The van der Waals surface area contributed by atoms with Gasteiger partial charge in [0.25, 0.3) is 0 Å². The number of aliphatic hydroxyl groups excluding tert-OH is 2. The Hall–Kier alpha value is -6.16. The number of unbranched alkanes of at least 4 members (excludes halogenated alkanes) is 1. The van der Waals surface area contributed by atoms with E-state index >= 15 is 0 Å². The van der Waals surface area contributed by atoms with Gasteiger partial charge in [-0.1, -0.05) is 75.2 Å². The van der Waals surface area contributed by atoms with E-state index in [4.69, 9.17) is 23.7 Å². The first-order chi connectivity index (χ1) is 40.5. The minimum Gasteiger partial charge on any atom is -0.392 e. The van der Waals surface area contributed by atoms with Crippen LogP contribution in [-0.4, -0.2) is 128 Å². The molecule has 2 aliphatic heterocycles. The van der Waals surface area contributed by atoms with Crippen molar-refractivity contribution in [1.29, 1.82) is 0 Å². The van der Waals surface area contributed by atoms with E-state index in [2.05, 4.69) is 17.6 Å². The van der Waals surface area contributed by atoms with Crippen molar-refractivity contribution < 1.29 is 65.5 Å². The minimum absolute atomic E-state index is 0.129. The van der Waals surface area contributed by atoms with Crippen molar-refractivity contribution >= 4 is 44.6 Å². The Morgan fingerprint density at radius 1 is 0.726 bits per heavy atom. The summed E-state index contributed by atoms with van der Waals surface area (Å²) in [7, 11) is 0.0733. The summed E-state index contributed by atoms with van der Waals surface area (Å²) in [4.78, 5) is 43.1. The second-order valence-electron chi connectivity index (χ2n) is 22.0. The molecular weight excluding hydrogens is 1100 g/mol. The summed E-state index contributed by atoms with van der Waals surface area (Å²) < 4.78 is 83.6. The monoisotopic (exact) mass is 1180 g/mol. The molecule has 0 bridgehead atoms. The van der Waals surface area contributed by atoms with Crippen LogP contribution in [0.2, 0.25) is 0 Å². The topological polar surface area (TPSA) is 202 Å². The van der Waals surface area contributed by atoms with Gasteiger partial charge in [-0.25, -0.2) is 17.2 Å². The third-order valence-electron chi connectivity index (χ3n) is 15.8. The van der Waals surface area contributed by atoms with Crippen LogP contribution in [0.15, 0.2) is 120 Å². The molecule has 5 aromatic carbocycles. The number of sulfone groups is 1. The molecule has 7 rings (SSSR count). The van der Waals surface area contributed by atoms with Crippen LogP contribution in [0, 0.1) is 23.0 Å². The zero-order chi connectivity index (χ0) is 60.1. The Morgan fingerprint density at radius 2 is 1.35 bits per heavy atom. The molecule has 4 N–H and O–H groups in total. The van der Waals surface area contributed by atoms with Crippen molar-refractivity contribution in [2.75, 3.05) is 101 Å². The van der Waals surface area contributed by atoms with E-state index in [1.54, 1.807) is 29.2 Å². The summed E-state index contributed by atoms with van der Waals surface area (Å²) in [5.41, 5.74) is 4.66. The van der Waals surface area contributed by atoms with Gasteiger partial charge in [0.1, 0.15) is 11.6 Å². The average Bonchev–Trinajstić information content (AvgIpc) is 3.69. The Kier molecular flexibility index (Phi) is 25.2. The van der Waals surface area contributed by atoms with Crippen LogP contribution in [0.25, 0.3) is 0 Å². The number of ether oxygens (including phenoxy) is 5. The Labute approximate surface area is 494 Å². The van der Waals surface area contributed by atoms with Crippen LogP contribution >= 0.6 is 0 Å². The SMILES string of the molecule is CCCCC1(CC)CS(=O)(=O)c2ccc(N(C)C)cc2C(c2cccc(NC(=O)CCCOCCOCCOCCCOCCOCCC(=O)NCc3cccc(C4C(CCC(O)c5ccc(F)cc5)C(=O)N4c4ccc(F)cc4)c3)c2)C1O. The van der Waals surface area contributed by atoms with Gasteiger partial charge in [0.2, 0.25) is 17.7 Å². The number of carbonyl (C=O) groups excluding carboxylic acids is 3. The number of amides is 3. The Balaban J connectivity index is 0.708. The van der Waals surface area contributed by atoms with Gasteiger partial charge in [0.05, 0.1) is 81.1 Å². The number of hydrogen-bond acceptors (Lipinski definition) is 13. The molecule has 1 saturated heterocycles. The second-order valence-corrected chi connectivity index (χ2v) is 23.9. The van der Waals surface area contributed by atoms with Crippen LogP contribution in [-0.2, 0) is 54.4 Å². The first-order valence-electron chi connectivity index (χ1n) is 29.4. The molecule has 5 aromatic rings. The van der Waals surface area contributed by atoms with Gasteiger partial charge >= 0.3 is 0 Å². The maximum Gasteiger partial charge on any atom is 0.233 e. The highest BCUT2D eigenvalue weighted by atomic mass is 32.2. The lowest BCUT2D eigenvalue weighted by Gasteiger charge is -2.48. The van der Waals surface area contributed by atoms with Gasteiger partial charge in [-0.3, -0.25) is 14.4 Å². The van der Waals surface area contributed by atoms with Crippen LogP contribution < -0.4 is 20.4 Å². The fraction of sp³-hybridized carbons (Fsp3) is 0.492. The van der Waals surface area contributed by atoms with E-state index in [0.717, 1.165) is 35.2 Å². The summed E-state index contributed by atoms with van der Waals surface area (Å²) >= 11 is 0. The summed E-state index contributed by atoms with van der Waals surface area (Å²) in [6.45, 7) is 8.17. The molecule has 1 fully saturated rings. The lowest BCUT2D eigenvalue weighted by atomic mass is 9.69. The maximum absolute atomic E-state index is 14.0. The van der Waals surface area contributed by atoms with E-state index in [0.29, 0.717) is 114 Å². The van der Waals surface area contributed by atoms with Crippen molar-refractivity contribution in [2.24, 2.45) is 11.3 Å². The fourth-order valence-corrected chi connectivity index (χ4v) is 13.4. The van der Waals surface area contributed by atoms with Crippen molar-refractivity contribution in [3.63, 3.8) is 0 Å². The molecule has 456 valence electrons. The maximum atomic E-state index is 14.0. The van der Waals surface area contributed by atoms with E-state index < -0.39 is 50.9 Å². The van der Waals surface area contributed by atoms with E-state index in [1.165, 1.54) is 36.4 Å². The number of β-lactam (4-membered cyclic amide) rings is 1. The van der Waals surface area contributed by atoms with Crippen LogP contribution in [0.3, 0.4) is 0 Å². The number of nitrogens with one attached hydrogen (secondary N) is 2. The van der Waals surface area contributed by atoms with E-state index in [1.807, 2.05) is 80.5 Å². The first-order valence-corrected chi connectivity index (χ1v) is 31.1. The highest BCUT2D eigenvalue weighted by Gasteiger charge is 2.50. The third kappa shape index (κ3) is 18.2. The summed E-state index contributed by atoms with van der Waals surface area (Å²) in [5.74, 6) is -2.53. The van der Waals surface area contributed by atoms with Crippen molar-refractivity contribution in [3.8, 4) is 0 Å². The normalized spacial score (nSPS) is 19.5. The molecular formula is C65H84F2N4O12S. The standard InChI is InChI=1S/C65H84F2N4O12S/c1-5-7-30-65(6-2)45-84(77,78)58-28-25-54(70(3)4)43-56(58)61(63(65)75)48-13-9-15-52(42-48)69-60(74)16-10-31-79-36-39-83-40-37-81-33-11-32-80-35-38-82-34-29-59(73)68-44-46-12-8-14-49(41-46)62-55(26-27-57(72)47-17-19-50(66)20-18-47)64(76)71(62)53-23-21-51(67)22-24-53/h8-9,12-15,17-25,28,41-43,55,57,61-63,72,75H,5-7,10-11,16,26-27,29-40,44-45H2,1-4H3,(H,68,73)(H,69,74). The Morgan fingerprint density at radius 3 is 2.00 bits per heavy atom. The molecule has 16 nitrogen and oxygen atoms in total. The van der Waals surface area contributed by atoms with Gasteiger partial charge < -0.3 is 54.3 Å². The quantitative estimate of drug-likeness (QED) is 0.0221. The lowest BCUT2D eigenvalue weighted by Crippen LogP contribution is -2.55. The molecule has 0 radical (unpaired) electrons. The molecule has 6 atom stereocenters. The number of benzene rings is 5. The summed E-state index contributed by atoms with van der Waals surface area (Å²) in [6, 6.07) is 31.3. The zero-order valence-corrected chi connectivity index (χ0v) is 49.8. The molecule has 2 heterocycles. The largest absolute Gasteiger partial charge is 0.392 e. The summed E-state index contributed by atoms with van der Waals surface area (Å²) in [5, 5.41) is 29.1. The number of aliphatic hydroxyl groups is 2. The molecule has 2 aliphatic rings. The van der Waals surface area contributed by atoms with Crippen LogP contribution in [0.5, 0.6) is 0 Å². The van der Waals surface area contributed by atoms with Crippen molar-refractivity contribution in [3.05, 3.63) is 155 Å². The molecule has 0 aromatic heterocycles. The van der Waals surface area contributed by atoms with E-state index in [-0.39, 0.29) is 66.8 Å². The number of hydrogen-bond donors (Lipinski definition) is 4. The average molecular weight is 1180 g/mol. The number of rotatable bonds is 35. The van der Waals surface area contributed by atoms with Gasteiger partial charge in [0.15, 0.2) is 9.84 Å². The molecule has 3 amide bonds. The second kappa shape index (κ2) is 32.4. The number of fused-ring (bicyclic) bond motifs is 1. The predicted octanol–water partition coefficient (Wildman–Crippen LogP) is 10.0.